The summed E-state index contributed by atoms with van der Waals surface area (Å²) in [7, 11) is 0. The van der Waals surface area contributed by atoms with Crippen molar-refractivity contribution < 1.29 is 4.74 Å². The van der Waals surface area contributed by atoms with Crippen LogP contribution in [0.15, 0.2) is 42.5 Å². The number of anilines is 2. The van der Waals surface area contributed by atoms with E-state index in [2.05, 4.69) is 11.4 Å². The van der Waals surface area contributed by atoms with Crippen LogP contribution in [0, 0.1) is 11.3 Å². The summed E-state index contributed by atoms with van der Waals surface area (Å²) in [6.45, 7) is 3.97. The molecule has 2 aromatic carbocycles. The number of hydrogen-bond acceptors (Lipinski definition) is 3. The predicted octanol–water partition coefficient (Wildman–Crippen LogP) is 4.74. The minimum atomic E-state index is 0.145. The second-order valence-electron chi connectivity index (χ2n) is 4.59. The minimum absolute atomic E-state index is 0.145. The molecule has 4 heteroatoms. The van der Waals surface area contributed by atoms with Gasteiger partial charge in [0, 0.05) is 5.69 Å². The molecule has 0 aromatic heterocycles. The topological polar surface area (TPSA) is 45.0 Å². The van der Waals surface area contributed by atoms with E-state index in [1.165, 1.54) is 0 Å². The lowest BCUT2D eigenvalue weighted by Gasteiger charge is -2.12. The van der Waals surface area contributed by atoms with Gasteiger partial charge in [0.15, 0.2) is 0 Å². The van der Waals surface area contributed by atoms with Crippen molar-refractivity contribution in [2.75, 3.05) is 5.32 Å². The lowest BCUT2D eigenvalue weighted by molar-refractivity contribution is 0.242. The van der Waals surface area contributed by atoms with Gasteiger partial charge in [-0.05, 0) is 50.2 Å². The molecule has 0 aliphatic carbocycles. The van der Waals surface area contributed by atoms with Gasteiger partial charge in [-0.2, -0.15) is 5.26 Å². The van der Waals surface area contributed by atoms with E-state index in [1.54, 1.807) is 6.07 Å². The summed E-state index contributed by atoms with van der Waals surface area (Å²) in [6, 6.07) is 15.0. The molecule has 3 nitrogen and oxygen atoms in total. The molecule has 0 atom stereocenters. The van der Waals surface area contributed by atoms with E-state index in [-0.39, 0.29) is 6.10 Å². The van der Waals surface area contributed by atoms with Crippen molar-refractivity contribution in [3.05, 3.63) is 53.1 Å². The molecule has 2 rings (SSSR count). The Labute approximate surface area is 123 Å². The van der Waals surface area contributed by atoms with E-state index in [0.717, 1.165) is 11.4 Å². The average Bonchev–Trinajstić information content (AvgIpc) is 2.41. The zero-order valence-corrected chi connectivity index (χ0v) is 12.1. The molecular weight excluding hydrogens is 272 g/mol. The summed E-state index contributed by atoms with van der Waals surface area (Å²) in [4.78, 5) is 0. The highest BCUT2D eigenvalue weighted by Crippen LogP contribution is 2.27. The fourth-order valence-corrected chi connectivity index (χ4v) is 2.00. The standard InChI is InChI=1S/C16H15ClN2O/c1-11(2)20-13-8-6-12(7-9-13)19-16-5-3-4-15(17)14(16)10-18/h3-9,11,19H,1-2H3. The van der Waals surface area contributed by atoms with Crippen LogP contribution in [-0.2, 0) is 0 Å². The number of nitrogens with one attached hydrogen (secondary N) is 1. The third-order valence-corrected chi connectivity index (χ3v) is 2.95. The first-order chi connectivity index (χ1) is 9.60. The molecular formula is C16H15ClN2O. The number of ether oxygens (including phenoxy) is 1. The first-order valence-corrected chi connectivity index (χ1v) is 6.70. The van der Waals surface area contributed by atoms with Gasteiger partial charge in [-0.25, -0.2) is 0 Å². The Balaban J connectivity index is 2.19. The second kappa shape index (κ2) is 6.31. The molecule has 1 N–H and O–H groups in total. The zero-order valence-electron chi connectivity index (χ0n) is 11.4. The molecule has 0 spiro atoms. The molecule has 0 unspecified atom stereocenters. The molecule has 0 saturated heterocycles. The highest BCUT2D eigenvalue weighted by molar-refractivity contribution is 6.32. The second-order valence-corrected chi connectivity index (χ2v) is 5.00. The first kappa shape index (κ1) is 14.2. The summed E-state index contributed by atoms with van der Waals surface area (Å²) >= 11 is 6.00. The molecule has 0 aliphatic rings. The van der Waals surface area contributed by atoms with E-state index in [1.807, 2.05) is 50.2 Å². The molecule has 0 aliphatic heterocycles. The Bertz CT molecular complexity index is 630. The van der Waals surface area contributed by atoms with Crippen molar-refractivity contribution in [3.8, 4) is 11.8 Å². The first-order valence-electron chi connectivity index (χ1n) is 6.32. The van der Waals surface area contributed by atoms with Crippen LogP contribution in [0.25, 0.3) is 0 Å². The summed E-state index contributed by atoms with van der Waals surface area (Å²) in [5.41, 5.74) is 2.01. The van der Waals surface area contributed by atoms with Crippen LogP contribution in [0.4, 0.5) is 11.4 Å². The Morgan fingerprint density at radius 1 is 1.15 bits per heavy atom. The van der Waals surface area contributed by atoms with Gasteiger partial charge in [0.05, 0.1) is 22.4 Å². The maximum Gasteiger partial charge on any atom is 0.119 e. The van der Waals surface area contributed by atoms with Crippen molar-refractivity contribution in [2.24, 2.45) is 0 Å². The molecule has 0 heterocycles. The maximum absolute atomic E-state index is 9.13. The normalized spacial score (nSPS) is 10.2. The average molecular weight is 287 g/mol. The molecule has 102 valence electrons. The quantitative estimate of drug-likeness (QED) is 0.883. The number of halogens is 1. The van der Waals surface area contributed by atoms with Crippen LogP contribution in [0.2, 0.25) is 5.02 Å². The molecule has 2 aromatic rings. The number of rotatable bonds is 4. The fraction of sp³-hybridized carbons (Fsp3) is 0.188. The summed E-state index contributed by atoms with van der Waals surface area (Å²) < 4.78 is 5.58. The Morgan fingerprint density at radius 2 is 1.85 bits per heavy atom. The molecule has 0 saturated carbocycles. The van der Waals surface area contributed by atoms with E-state index in [9.17, 15) is 0 Å². The van der Waals surface area contributed by atoms with Gasteiger partial charge in [-0.3, -0.25) is 0 Å². The van der Waals surface area contributed by atoms with Gasteiger partial charge in [0.25, 0.3) is 0 Å². The third-order valence-electron chi connectivity index (χ3n) is 2.63. The van der Waals surface area contributed by atoms with Gasteiger partial charge in [0.2, 0.25) is 0 Å². The molecule has 0 amide bonds. The number of nitrogens with zero attached hydrogens (tertiary/aromatic N) is 1. The number of nitriles is 1. The van der Waals surface area contributed by atoms with Gasteiger partial charge >= 0.3 is 0 Å². The van der Waals surface area contributed by atoms with Crippen LogP contribution in [0.3, 0.4) is 0 Å². The molecule has 0 fully saturated rings. The van der Waals surface area contributed by atoms with E-state index in [4.69, 9.17) is 21.6 Å². The Morgan fingerprint density at radius 3 is 2.45 bits per heavy atom. The van der Waals surface area contributed by atoms with Crippen molar-refractivity contribution in [3.63, 3.8) is 0 Å². The third kappa shape index (κ3) is 3.43. The SMILES string of the molecule is CC(C)Oc1ccc(Nc2cccc(Cl)c2C#N)cc1. The summed E-state index contributed by atoms with van der Waals surface area (Å²) in [5.74, 6) is 0.817. The molecule has 20 heavy (non-hydrogen) atoms. The van der Waals surface area contributed by atoms with Gasteiger partial charge in [0.1, 0.15) is 11.8 Å². The Hall–Kier alpha value is -2.18. The smallest absolute Gasteiger partial charge is 0.119 e. The maximum atomic E-state index is 9.13. The number of benzene rings is 2. The van der Waals surface area contributed by atoms with Crippen molar-refractivity contribution in [1.82, 2.24) is 0 Å². The van der Waals surface area contributed by atoms with Crippen molar-refractivity contribution in [2.45, 2.75) is 20.0 Å². The highest BCUT2D eigenvalue weighted by atomic mass is 35.5. The molecule has 0 bridgehead atoms. The van der Waals surface area contributed by atoms with Crippen LogP contribution in [0.1, 0.15) is 19.4 Å². The van der Waals surface area contributed by atoms with Gasteiger partial charge < -0.3 is 10.1 Å². The lowest BCUT2D eigenvalue weighted by Crippen LogP contribution is -2.05. The van der Waals surface area contributed by atoms with E-state index >= 15 is 0 Å². The van der Waals surface area contributed by atoms with Crippen molar-refractivity contribution >= 4 is 23.0 Å². The molecule has 0 radical (unpaired) electrons. The highest BCUT2D eigenvalue weighted by Gasteiger charge is 2.06. The van der Waals surface area contributed by atoms with Crippen LogP contribution in [-0.4, -0.2) is 6.10 Å². The van der Waals surface area contributed by atoms with Crippen LogP contribution >= 0.6 is 11.6 Å². The van der Waals surface area contributed by atoms with Gasteiger partial charge in [-0.1, -0.05) is 17.7 Å². The Kier molecular flexibility index (Phi) is 4.49. The fourth-order valence-electron chi connectivity index (χ4n) is 1.79. The monoisotopic (exact) mass is 286 g/mol. The van der Waals surface area contributed by atoms with Gasteiger partial charge in [-0.15, -0.1) is 0 Å². The van der Waals surface area contributed by atoms with Crippen LogP contribution < -0.4 is 10.1 Å². The van der Waals surface area contributed by atoms with E-state index in [0.29, 0.717) is 16.3 Å². The van der Waals surface area contributed by atoms with E-state index < -0.39 is 0 Å². The van der Waals surface area contributed by atoms with Crippen molar-refractivity contribution in [1.29, 1.82) is 5.26 Å². The summed E-state index contributed by atoms with van der Waals surface area (Å²) in [5, 5.41) is 12.8. The van der Waals surface area contributed by atoms with Crippen LogP contribution in [0.5, 0.6) is 5.75 Å². The zero-order chi connectivity index (χ0) is 14.5. The summed E-state index contributed by atoms with van der Waals surface area (Å²) in [6.07, 6.45) is 0.145. The predicted molar refractivity (Wildman–Crippen MR) is 81.7 cm³/mol. The largest absolute Gasteiger partial charge is 0.491 e. The lowest BCUT2D eigenvalue weighted by atomic mass is 10.2. The minimum Gasteiger partial charge on any atom is -0.491 e. The number of hydrogen-bond donors (Lipinski definition) is 1.